The molecule has 3 rings (SSSR count). The second kappa shape index (κ2) is 6.96. The van der Waals surface area contributed by atoms with Gasteiger partial charge in [0.15, 0.2) is 0 Å². The van der Waals surface area contributed by atoms with Crippen LogP contribution in [0.2, 0.25) is 0 Å². The summed E-state index contributed by atoms with van der Waals surface area (Å²) >= 11 is 0. The van der Waals surface area contributed by atoms with Gasteiger partial charge in [-0.25, -0.2) is 5.01 Å². The molecule has 0 aliphatic carbocycles. The summed E-state index contributed by atoms with van der Waals surface area (Å²) in [7, 11) is 0. The molecule has 7 nitrogen and oxygen atoms in total. The lowest BCUT2D eigenvalue weighted by Crippen LogP contribution is -2.36. The molecule has 0 fully saturated rings. The topological polar surface area (TPSA) is 105 Å². The highest BCUT2D eigenvalue weighted by Gasteiger charge is 2.25. The van der Waals surface area contributed by atoms with Crippen LogP contribution in [-0.2, 0) is 9.59 Å². The van der Waals surface area contributed by atoms with Gasteiger partial charge in [-0.2, -0.15) is 5.10 Å². The third-order valence-corrected chi connectivity index (χ3v) is 3.72. The summed E-state index contributed by atoms with van der Waals surface area (Å²) in [6, 6.07) is 15.2. The Kier molecular flexibility index (Phi) is 4.56. The van der Waals surface area contributed by atoms with Crippen LogP contribution in [0.5, 0.6) is 0 Å². The Morgan fingerprint density at radius 1 is 1.00 bits per heavy atom. The van der Waals surface area contributed by atoms with Crippen LogP contribution < -0.4 is 16.1 Å². The number of para-hydroxylation sites is 1. The average molecular weight is 336 g/mol. The van der Waals surface area contributed by atoms with Crippen LogP contribution in [0, 0.1) is 0 Å². The van der Waals surface area contributed by atoms with Gasteiger partial charge in [0.1, 0.15) is 5.71 Å². The van der Waals surface area contributed by atoms with E-state index >= 15 is 0 Å². The quantitative estimate of drug-likeness (QED) is 0.891. The van der Waals surface area contributed by atoms with Crippen molar-refractivity contribution in [1.29, 1.82) is 0 Å². The van der Waals surface area contributed by atoms with Gasteiger partial charge in [-0.3, -0.25) is 14.4 Å². The highest BCUT2D eigenvalue weighted by Crippen LogP contribution is 2.20. The van der Waals surface area contributed by atoms with Crippen molar-refractivity contribution < 1.29 is 14.4 Å². The van der Waals surface area contributed by atoms with Crippen LogP contribution in [0.15, 0.2) is 59.7 Å². The van der Waals surface area contributed by atoms with Gasteiger partial charge in [-0.05, 0) is 36.4 Å². The van der Waals surface area contributed by atoms with Crippen molar-refractivity contribution >= 4 is 34.8 Å². The molecular formula is C18H16N4O3. The molecule has 0 atom stereocenters. The molecule has 0 spiro atoms. The van der Waals surface area contributed by atoms with Gasteiger partial charge in [-0.15, -0.1) is 0 Å². The fourth-order valence-electron chi connectivity index (χ4n) is 2.41. The van der Waals surface area contributed by atoms with E-state index in [0.717, 1.165) is 0 Å². The fourth-order valence-corrected chi connectivity index (χ4v) is 2.41. The van der Waals surface area contributed by atoms with Crippen LogP contribution in [-0.4, -0.2) is 23.4 Å². The first-order valence-electron chi connectivity index (χ1n) is 7.71. The second-order valence-corrected chi connectivity index (χ2v) is 5.48. The molecule has 0 saturated carbocycles. The van der Waals surface area contributed by atoms with E-state index in [1.807, 2.05) is 6.07 Å². The van der Waals surface area contributed by atoms with Crippen molar-refractivity contribution in [2.75, 3.05) is 10.3 Å². The number of anilines is 2. The third kappa shape index (κ3) is 3.72. The normalized spacial score (nSPS) is 14.0. The lowest BCUT2D eigenvalue weighted by molar-refractivity contribution is -0.118. The van der Waals surface area contributed by atoms with Crippen LogP contribution in [0.25, 0.3) is 0 Å². The number of nitrogens with two attached hydrogens (primary N) is 1. The third-order valence-electron chi connectivity index (χ3n) is 3.72. The van der Waals surface area contributed by atoms with E-state index in [1.165, 1.54) is 17.1 Å². The van der Waals surface area contributed by atoms with Gasteiger partial charge in [0.05, 0.1) is 5.69 Å². The smallest absolute Gasteiger partial charge is 0.271 e. The molecule has 1 aliphatic heterocycles. The summed E-state index contributed by atoms with van der Waals surface area (Å²) in [6.45, 7) is 0. The minimum atomic E-state index is -0.536. The van der Waals surface area contributed by atoms with E-state index in [4.69, 9.17) is 5.73 Å². The van der Waals surface area contributed by atoms with Crippen LogP contribution in [0.3, 0.4) is 0 Å². The number of nitrogens with zero attached hydrogens (tertiary/aromatic N) is 2. The summed E-state index contributed by atoms with van der Waals surface area (Å²) in [4.78, 5) is 35.5. The number of hydrazone groups is 1. The van der Waals surface area contributed by atoms with Crippen molar-refractivity contribution in [3.63, 3.8) is 0 Å². The highest BCUT2D eigenvalue weighted by atomic mass is 16.2. The van der Waals surface area contributed by atoms with Crippen molar-refractivity contribution in [1.82, 2.24) is 0 Å². The SMILES string of the molecule is NC(=O)c1ccc(NC(=O)C2=NN(c3ccccc3)C(=O)CC2)cc1. The van der Waals surface area contributed by atoms with Gasteiger partial charge in [-0.1, -0.05) is 18.2 Å². The minimum Gasteiger partial charge on any atom is -0.366 e. The molecule has 0 unspecified atom stereocenters. The van der Waals surface area contributed by atoms with Crippen molar-refractivity contribution in [3.8, 4) is 0 Å². The summed E-state index contributed by atoms with van der Waals surface area (Å²) < 4.78 is 0. The van der Waals surface area contributed by atoms with Gasteiger partial charge in [0.25, 0.3) is 5.91 Å². The van der Waals surface area contributed by atoms with Gasteiger partial charge < -0.3 is 11.1 Å². The Morgan fingerprint density at radius 3 is 2.32 bits per heavy atom. The molecule has 2 aromatic carbocycles. The van der Waals surface area contributed by atoms with E-state index in [2.05, 4.69) is 10.4 Å². The number of carbonyl (C=O) groups is 3. The largest absolute Gasteiger partial charge is 0.366 e. The van der Waals surface area contributed by atoms with E-state index in [0.29, 0.717) is 16.9 Å². The summed E-state index contributed by atoms with van der Waals surface area (Å²) in [5.74, 6) is -1.08. The summed E-state index contributed by atoms with van der Waals surface area (Å²) in [6.07, 6.45) is 0.481. The van der Waals surface area contributed by atoms with Gasteiger partial charge in [0, 0.05) is 24.1 Å². The number of hydrogen-bond acceptors (Lipinski definition) is 4. The minimum absolute atomic E-state index is 0.159. The Morgan fingerprint density at radius 2 is 1.68 bits per heavy atom. The summed E-state index contributed by atoms with van der Waals surface area (Å²) in [5, 5.41) is 8.14. The molecule has 1 aliphatic rings. The molecule has 0 aromatic heterocycles. The Bertz CT molecular complexity index is 844. The molecule has 126 valence electrons. The molecule has 0 saturated heterocycles. The number of nitrogens with one attached hydrogen (secondary N) is 1. The zero-order valence-electron chi connectivity index (χ0n) is 13.3. The Balaban J connectivity index is 1.77. The maximum Gasteiger partial charge on any atom is 0.271 e. The van der Waals surface area contributed by atoms with Crippen LogP contribution >= 0.6 is 0 Å². The standard InChI is InChI=1S/C18H16N4O3/c19-17(24)12-6-8-13(9-7-12)20-18(25)15-10-11-16(23)22(21-15)14-4-2-1-3-5-14/h1-9H,10-11H2,(H2,19,24)(H,20,25). The Labute approximate surface area is 144 Å². The predicted octanol–water partition coefficient (Wildman–Crippen LogP) is 1.91. The molecule has 0 radical (unpaired) electrons. The van der Waals surface area contributed by atoms with Crippen molar-refractivity contribution in [2.24, 2.45) is 10.8 Å². The van der Waals surface area contributed by atoms with Gasteiger partial charge in [0.2, 0.25) is 11.8 Å². The summed E-state index contributed by atoms with van der Waals surface area (Å²) in [5.41, 5.74) is 6.93. The number of benzene rings is 2. The van der Waals surface area contributed by atoms with E-state index < -0.39 is 5.91 Å². The van der Waals surface area contributed by atoms with Gasteiger partial charge >= 0.3 is 0 Å². The zero-order valence-corrected chi connectivity index (χ0v) is 13.3. The number of hydrogen-bond donors (Lipinski definition) is 2. The number of primary amides is 1. The first kappa shape index (κ1) is 16.4. The fraction of sp³-hybridized carbons (Fsp3) is 0.111. The molecule has 7 heteroatoms. The molecule has 1 heterocycles. The zero-order chi connectivity index (χ0) is 17.8. The number of rotatable bonds is 4. The first-order valence-corrected chi connectivity index (χ1v) is 7.71. The molecule has 3 amide bonds. The average Bonchev–Trinajstić information content (AvgIpc) is 2.63. The highest BCUT2D eigenvalue weighted by molar-refractivity contribution is 6.44. The molecule has 2 aromatic rings. The second-order valence-electron chi connectivity index (χ2n) is 5.48. The lowest BCUT2D eigenvalue weighted by Gasteiger charge is -2.23. The Hall–Kier alpha value is -3.48. The van der Waals surface area contributed by atoms with Crippen molar-refractivity contribution in [2.45, 2.75) is 12.8 Å². The van der Waals surface area contributed by atoms with E-state index in [9.17, 15) is 14.4 Å². The number of amides is 3. The monoisotopic (exact) mass is 336 g/mol. The van der Waals surface area contributed by atoms with Crippen LogP contribution in [0.4, 0.5) is 11.4 Å². The van der Waals surface area contributed by atoms with Crippen LogP contribution in [0.1, 0.15) is 23.2 Å². The lowest BCUT2D eigenvalue weighted by atomic mass is 10.1. The molecular weight excluding hydrogens is 320 g/mol. The van der Waals surface area contributed by atoms with E-state index in [-0.39, 0.29) is 30.4 Å². The molecule has 25 heavy (non-hydrogen) atoms. The molecule has 3 N–H and O–H groups in total. The first-order chi connectivity index (χ1) is 12.0. The van der Waals surface area contributed by atoms with Crippen molar-refractivity contribution in [3.05, 3.63) is 60.2 Å². The maximum absolute atomic E-state index is 12.4. The number of carbonyl (C=O) groups excluding carboxylic acids is 3. The predicted molar refractivity (Wildman–Crippen MR) is 94.2 cm³/mol. The molecule has 0 bridgehead atoms. The van der Waals surface area contributed by atoms with E-state index in [1.54, 1.807) is 36.4 Å². The maximum atomic E-state index is 12.4.